The summed E-state index contributed by atoms with van der Waals surface area (Å²) in [5.41, 5.74) is 2.21. The van der Waals surface area contributed by atoms with E-state index in [4.69, 9.17) is 14.2 Å². The highest BCUT2D eigenvalue weighted by atomic mass is 31.1. The molecule has 2 aromatic rings. The Balaban J connectivity index is 2.27. The molecule has 3 rings (SSSR count). The molecule has 0 amide bonds. The average molecular weight is 400 g/mol. The summed E-state index contributed by atoms with van der Waals surface area (Å²) in [7, 11) is -0.506. The first-order chi connectivity index (χ1) is 13.1. The van der Waals surface area contributed by atoms with Crippen LogP contribution < -0.4 is 19.5 Å². The molecule has 152 valence electrons. The van der Waals surface area contributed by atoms with Gasteiger partial charge in [-0.3, -0.25) is 0 Å². The fourth-order valence-electron chi connectivity index (χ4n) is 3.85. The lowest BCUT2D eigenvalue weighted by Crippen LogP contribution is -2.23. The van der Waals surface area contributed by atoms with Gasteiger partial charge in [-0.15, -0.1) is 0 Å². The van der Waals surface area contributed by atoms with E-state index in [2.05, 4.69) is 73.6 Å². The van der Waals surface area contributed by atoms with Crippen molar-refractivity contribution in [3.05, 3.63) is 36.4 Å². The molecule has 1 heterocycles. The van der Waals surface area contributed by atoms with Gasteiger partial charge in [-0.2, -0.15) is 0 Å². The van der Waals surface area contributed by atoms with Gasteiger partial charge in [0.2, 0.25) is 0 Å². The van der Waals surface area contributed by atoms with Crippen molar-refractivity contribution in [2.24, 2.45) is 0 Å². The van der Waals surface area contributed by atoms with Gasteiger partial charge < -0.3 is 14.2 Å². The molecule has 0 saturated carbocycles. The van der Waals surface area contributed by atoms with Crippen molar-refractivity contribution in [2.75, 3.05) is 0 Å². The third-order valence-electron chi connectivity index (χ3n) is 4.61. The summed E-state index contributed by atoms with van der Waals surface area (Å²) >= 11 is 0. The van der Waals surface area contributed by atoms with Crippen molar-refractivity contribution in [1.29, 1.82) is 0 Å². The Morgan fingerprint density at radius 1 is 0.893 bits per heavy atom. The van der Waals surface area contributed by atoms with E-state index in [0.717, 1.165) is 22.8 Å². The quantitative estimate of drug-likeness (QED) is 0.531. The number of benzene rings is 2. The number of fused-ring (bicyclic) bond motifs is 1. The summed E-state index contributed by atoms with van der Waals surface area (Å²) in [6.07, 6.45) is 0.174. The molecule has 1 aliphatic rings. The minimum absolute atomic E-state index is 0.0871. The van der Waals surface area contributed by atoms with Gasteiger partial charge in [0.25, 0.3) is 0 Å². The Labute approximate surface area is 171 Å². The molecule has 2 aromatic carbocycles. The number of rotatable bonds is 5. The number of ether oxygens (including phenoxy) is 3. The van der Waals surface area contributed by atoms with Gasteiger partial charge in [0.15, 0.2) is 0 Å². The second-order valence-electron chi connectivity index (χ2n) is 8.87. The highest BCUT2D eigenvalue weighted by Crippen LogP contribution is 2.60. The maximum Gasteiger partial charge on any atom is 0.131 e. The Morgan fingerprint density at radius 2 is 1.43 bits per heavy atom. The lowest BCUT2D eigenvalue weighted by Gasteiger charge is -2.31. The van der Waals surface area contributed by atoms with Crippen LogP contribution in [-0.2, 0) is 0 Å². The van der Waals surface area contributed by atoms with Crippen LogP contribution in [-0.4, -0.2) is 23.2 Å². The summed E-state index contributed by atoms with van der Waals surface area (Å²) in [5.74, 6) is 2.93. The first-order valence-electron chi connectivity index (χ1n) is 10.1. The highest BCUT2D eigenvalue weighted by molar-refractivity contribution is 7.68. The topological polar surface area (TPSA) is 27.7 Å². The maximum absolute atomic E-state index is 6.30. The van der Waals surface area contributed by atoms with Gasteiger partial charge in [0.1, 0.15) is 23.1 Å². The van der Waals surface area contributed by atoms with E-state index in [1.54, 1.807) is 0 Å². The molecule has 0 N–H and O–H groups in total. The second-order valence-corrected chi connectivity index (χ2v) is 12.1. The van der Waals surface area contributed by atoms with E-state index in [1.807, 2.05) is 18.2 Å². The van der Waals surface area contributed by atoms with Crippen molar-refractivity contribution >= 4 is 13.2 Å². The molecule has 4 heteroatoms. The number of hydrogen-bond donors (Lipinski definition) is 0. The third kappa shape index (κ3) is 4.15. The largest absolute Gasteiger partial charge is 0.490 e. The molecule has 0 unspecified atom stereocenters. The van der Waals surface area contributed by atoms with Crippen molar-refractivity contribution in [3.63, 3.8) is 0 Å². The van der Waals surface area contributed by atoms with Gasteiger partial charge in [-0.25, -0.2) is 0 Å². The van der Waals surface area contributed by atoms with E-state index in [1.165, 1.54) is 10.9 Å². The predicted molar refractivity (Wildman–Crippen MR) is 120 cm³/mol. The monoisotopic (exact) mass is 400 g/mol. The molecular formula is C24H33O3P. The summed E-state index contributed by atoms with van der Waals surface area (Å²) in [6.45, 7) is 17.4. The molecule has 1 aliphatic heterocycles. The Kier molecular flexibility index (Phi) is 5.96. The molecular weight excluding hydrogens is 367 g/mol. The minimum Gasteiger partial charge on any atom is -0.490 e. The van der Waals surface area contributed by atoms with E-state index in [-0.39, 0.29) is 23.2 Å². The third-order valence-corrected chi connectivity index (χ3v) is 7.83. The standard InChI is InChI=1S/C24H33O3P/c1-15(2)25-19-12-10-13-20(26-16(3)4)22(19)18-11-9-14-21-23(18)28(17(5)27-21)24(6,7)8/h9-17H,1-8H3/t17-,28-/m1/s1. The van der Waals surface area contributed by atoms with Gasteiger partial charge in [-0.05, 0) is 65.9 Å². The lowest BCUT2D eigenvalue weighted by molar-refractivity contribution is 0.231. The molecule has 0 radical (unpaired) electrons. The zero-order valence-electron chi connectivity index (χ0n) is 18.4. The lowest BCUT2D eigenvalue weighted by atomic mass is 10.0. The molecule has 0 saturated heterocycles. The van der Waals surface area contributed by atoms with E-state index >= 15 is 0 Å². The molecule has 0 fully saturated rings. The van der Waals surface area contributed by atoms with E-state index in [9.17, 15) is 0 Å². The van der Waals surface area contributed by atoms with Gasteiger partial charge in [-0.1, -0.05) is 39.0 Å². The highest BCUT2D eigenvalue weighted by Gasteiger charge is 2.41. The van der Waals surface area contributed by atoms with Crippen molar-refractivity contribution in [1.82, 2.24) is 0 Å². The maximum atomic E-state index is 6.30. The van der Waals surface area contributed by atoms with Crippen molar-refractivity contribution in [3.8, 4) is 28.4 Å². The van der Waals surface area contributed by atoms with E-state index in [0.29, 0.717) is 0 Å². The molecule has 2 atom stereocenters. The van der Waals surface area contributed by atoms with Crippen molar-refractivity contribution in [2.45, 2.75) is 78.6 Å². The van der Waals surface area contributed by atoms with Gasteiger partial charge >= 0.3 is 0 Å². The SMILES string of the molecule is CC(C)Oc1cccc(OC(C)C)c1-c1cccc2c1[P@](C(C)(C)C)[C@H](C)O2. The number of hydrogen-bond acceptors (Lipinski definition) is 3. The first-order valence-corrected chi connectivity index (χ1v) is 11.6. The Morgan fingerprint density at radius 3 is 1.93 bits per heavy atom. The van der Waals surface area contributed by atoms with Crippen LogP contribution in [0.15, 0.2) is 36.4 Å². The fraction of sp³-hybridized carbons (Fsp3) is 0.500. The summed E-state index contributed by atoms with van der Waals surface area (Å²) in [6, 6.07) is 12.5. The normalized spacial score (nSPS) is 18.9. The molecule has 0 bridgehead atoms. The van der Waals surface area contributed by atoms with Gasteiger partial charge in [0, 0.05) is 10.9 Å². The minimum atomic E-state index is -0.506. The van der Waals surface area contributed by atoms with Crippen LogP contribution in [0, 0.1) is 0 Å². The molecule has 0 aliphatic carbocycles. The summed E-state index contributed by atoms with van der Waals surface area (Å²) in [4.78, 5) is 0. The first kappa shape index (κ1) is 21.0. The van der Waals surface area contributed by atoms with Crippen LogP contribution in [0.3, 0.4) is 0 Å². The molecule has 0 spiro atoms. The van der Waals surface area contributed by atoms with Crippen molar-refractivity contribution < 1.29 is 14.2 Å². The van der Waals surface area contributed by atoms with Crippen LogP contribution in [0.25, 0.3) is 11.1 Å². The Bertz CT molecular complexity index is 808. The fourth-order valence-corrected chi connectivity index (χ4v) is 7.00. The zero-order chi connectivity index (χ0) is 20.6. The van der Waals surface area contributed by atoms with Crippen LogP contribution in [0.1, 0.15) is 55.4 Å². The van der Waals surface area contributed by atoms with Crippen LogP contribution in [0.2, 0.25) is 0 Å². The Hall–Kier alpha value is -1.73. The zero-order valence-corrected chi connectivity index (χ0v) is 19.3. The van der Waals surface area contributed by atoms with Gasteiger partial charge in [0.05, 0.1) is 17.8 Å². The summed E-state index contributed by atoms with van der Waals surface area (Å²) in [5, 5.41) is 1.47. The second kappa shape index (κ2) is 7.95. The molecule has 28 heavy (non-hydrogen) atoms. The van der Waals surface area contributed by atoms with Crippen LogP contribution in [0.5, 0.6) is 17.2 Å². The van der Waals surface area contributed by atoms with Crippen LogP contribution in [0.4, 0.5) is 0 Å². The average Bonchev–Trinajstić information content (AvgIpc) is 2.90. The van der Waals surface area contributed by atoms with E-state index < -0.39 is 7.92 Å². The van der Waals surface area contributed by atoms with Crippen LogP contribution >= 0.6 is 7.92 Å². The smallest absolute Gasteiger partial charge is 0.131 e. The molecule has 0 aromatic heterocycles. The summed E-state index contributed by atoms with van der Waals surface area (Å²) < 4.78 is 18.7. The predicted octanol–water partition coefficient (Wildman–Crippen LogP) is 6.57. The molecule has 3 nitrogen and oxygen atoms in total.